The first-order valence-electron chi connectivity index (χ1n) is 8.48. The molecule has 0 aliphatic rings. The van der Waals surface area contributed by atoms with Crippen molar-refractivity contribution in [1.82, 2.24) is 8.28 Å². The number of unbranched alkanes of at least 4 members (excludes halogenated alkanes) is 8. The lowest BCUT2D eigenvalue weighted by Gasteiger charge is -2.05. The van der Waals surface area contributed by atoms with Crippen LogP contribution in [-0.4, -0.2) is 30.8 Å². The Morgan fingerprint density at radius 3 is 2.00 bits per heavy atom. The Balaban J connectivity index is 0.00000484. The lowest BCUT2D eigenvalue weighted by atomic mass is 10.1. The molecule has 5 nitrogen and oxygen atoms in total. The van der Waals surface area contributed by atoms with Gasteiger partial charge in [-0.3, -0.25) is 0 Å². The summed E-state index contributed by atoms with van der Waals surface area (Å²) in [6, 6.07) is 0. The smallest absolute Gasteiger partial charge is 0.379 e. The summed E-state index contributed by atoms with van der Waals surface area (Å²) in [5, 5.41) is 0. The van der Waals surface area contributed by atoms with Crippen LogP contribution in [-0.2, 0) is 16.8 Å². The molecule has 0 N–H and O–H groups in total. The molecule has 0 atom stereocenters. The Labute approximate surface area is 148 Å². The molecule has 0 unspecified atom stereocenters. The van der Waals surface area contributed by atoms with Gasteiger partial charge < -0.3 is 12.4 Å². The summed E-state index contributed by atoms with van der Waals surface area (Å²) in [5.41, 5.74) is 0. The Kier molecular flexibility index (Phi) is 11.6. The Morgan fingerprint density at radius 2 is 1.48 bits per heavy atom. The van der Waals surface area contributed by atoms with Crippen LogP contribution in [0, 0.1) is 0 Å². The van der Waals surface area contributed by atoms with Crippen LogP contribution in [0.1, 0.15) is 64.7 Å². The van der Waals surface area contributed by atoms with E-state index in [4.69, 9.17) is 0 Å². The molecule has 0 bridgehead atoms. The van der Waals surface area contributed by atoms with E-state index in [1.807, 2.05) is 10.8 Å². The third-order valence-corrected chi connectivity index (χ3v) is 5.59. The number of hydrogen-bond acceptors (Lipinski definition) is 2. The molecule has 1 rings (SSSR count). The molecular formula is C16H32ClN3O2S. The number of aryl methyl sites for hydroxylation is 1. The van der Waals surface area contributed by atoms with E-state index in [-0.39, 0.29) is 12.4 Å². The molecule has 0 fully saturated rings. The van der Waals surface area contributed by atoms with Gasteiger partial charge in [-0.25, -0.2) is 4.57 Å². The molecule has 1 aromatic heterocycles. The van der Waals surface area contributed by atoms with Crippen LogP contribution in [0.25, 0.3) is 0 Å². The maximum absolute atomic E-state index is 11.9. The Bertz CT molecular complexity index is 515. The number of imidazole rings is 1. The summed E-state index contributed by atoms with van der Waals surface area (Å²) in [6.45, 7) is 3.13. The van der Waals surface area contributed by atoms with Gasteiger partial charge >= 0.3 is 10.2 Å². The van der Waals surface area contributed by atoms with Crippen molar-refractivity contribution in [3.8, 4) is 0 Å². The van der Waals surface area contributed by atoms with Crippen LogP contribution >= 0.6 is 0 Å². The predicted octanol–water partition coefficient (Wildman–Crippen LogP) is -0.0351. The molecule has 23 heavy (non-hydrogen) atoms. The molecule has 0 aliphatic heterocycles. The Hall–Kier alpha value is -0.590. The number of hydrogen-bond donors (Lipinski definition) is 0. The minimum absolute atomic E-state index is 0. The van der Waals surface area contributed by atoms with E-state index < -0.39 is 10.2 Å². The standard InChI is InChI=1S/C16H32N3O2S.ClH/c1-4-5-6-7-8-9-10-11-12-13-18-14-15-19(16-18)22(20,21)17(2)3;/h14-16H,4-13H2,1-3H3;1H/q+1;/p-1. The van der Waals surface area contributed by atoms with E-state index in [9.17, 15) is 8.42 Å². The topological polar surface area (TPSA) is 46.2 Å². The van der Waals surface area contributed by atoms with Crippen molar-refractivity contribution in [2.75, 3.05) is 14.1 Å². The molecule has 0 aliphatic carbocycles. The summed E-state index contributed by atoms with van der Waals surface area (Å²) in [6.07, 6.45) is 16.8. The first kappa shape index (κ1) is 22.4. The van der Waals surface area contributed by atoms with Gasteiger partial charge in [0.1, 0.15) is 12.4 Å². The zero-order valence-corrected chi connectivity index (χ0v) is 16.3. The number of nitrogens with zero attached hydrogens (tertiary/aromatic N) is 3. The quantitative estimate of drug-likeness (QED) is 0.385. The molecule has 0 amide bonds. The van der Waals surface area contributed by atoms with E-state index in [0.29, 0.717) is 0 Å². The lowest BCUT2D eigenvalue weighted by molar-refractivity contribution is -0.696. The zero-order valence-electron chi connectivity index (χ0n) is 14.7. The van der Waals surface area contributed by atoms with Gasteiger partial charge in [-0.15, -0.1) is 3.97 Å². The SMILES string of the molecule is CCCCCCCCCCC[n+]1ccn(S(=O)(=O)N(C)C)c1.[Cl-]. The van der Waals surface area contributed by atoms with Gasteiger partial charge in [-0.05, 0) is 12.8 Å². The van der Waals surface area contributed by atoms with Crippen LogP contribution < -0.4 is 17.0 Å². The molecule has 0 saturated heterocycles. The monoisotopic (exact) mass is 365 g/mol. The highest BCUT2D eigenvalue weighted by Crippen LogP contribution is 2.09. The fourth-order valence-electron chi connectivity index (χ4n) is 2.44. The van der Waals surface area contributed by atoms with Gasteiger partial charge in [0, 0.05) is 14.1 Å². The van der Waals surface area contributed by atoms with Crippen LogP contribution in [0.3, 0.4) is 0 Å². The second-order valence-electron chi connectivity index (χ2n) is 6.10. The normalized spacial score (nSPS) is 11.7. The molecule has 136 valence electrons. The maximum Gasteiger partial charge on any atom is 0.379 e. The highest BCUT2D eigenvalue weighted by molar-refractivity contribution is 7.87. The van der Waals surface area contributed by atoms with Crippen LogP contribution in [0.5, 0.6) is 0 Å². The van der Waals surface area contributed by atoms with Crippen molar-refractivity contribution < 1.29 is 25.4 Å². The molecule has 0 aromatic carbocycles. The fraction of sp³-hybridized carbons (Fsp3) is 0.812. The van der Waals surface area contributed by atoms with Crippen molar-refractivity contribution in [3.05, 3.63) is 18.7 Å². The summed E-state index contributed by atoms with van der Waals surface area (Å²) in [5.74, 6) is 0. The molecule has 1 aromatic rings. The van der Waals surface area contributed by atoms with Gasteiger partial charge in [0.15, 0.2) is 0 Å². The lowest BCUT2D eigenvalue weighted by Crippen LogP contribution is -3.00. The molecule has 7 heteroatoms. The number of rotatable bonds is 12. The molecular weight excluding hydrogens is 334 g/mol. The van der Waals surface area contributed by atoms with Crippen LogP contribution in [0.15, 0.2) is 18.7 Å². The van der Waals surface area contributed by atoms with Crippen LogP contribution in [0.2, 0.25) is 0 Å². The zero-order chi connectivity index (χ0) is 16.4. The highest BCUT2D eigenvalue weighted by Gasteiger charge is 2.22. The van der Waals surface area contributed by atoms with E-state index in [1.165, 1.54) is 59.6 Å². The van der Waals surface area contributed by atoms with Crippen molar-refractivity contribution in [3.63, 3.8) is 0 Å². The maximum atomic E-state index is 11.9. The number of halogens is 1. The summed E-state index contributed by atoms with van der Waals surface area (Å²) in [4.78, 5) is 0. The fourth-order valence-corrected chi connectivity index (χ4v) is 3.26. The predicted molar refractivity (Wildman–Crippen MR) is 89.9 cm³/mol. The van der Waals surface area contributed by atoms with Crippen molar-refractivity contribution in [2.45, 2.75) is 71.3 Å². The molecule has 0 radical (unpaired) electrons. The highest BCUT2D eigenvalue weighted by atomic mass is 35.5. The third kappa shape index (κ3) is 8.18. The second kappa shape index (κ2) is 11.9. The molecule has 0 saturated carbocycles. The average molecular weight is 366 g/mol. The van der Waals surface area contributed by atoms with Crippen molar-refractivity contribution in [1.29, 1.82) is 0 Å². The summed E-state index contributed by atoms with van der Waals surface area (Å²) >= 11 is 0. The van der Waals surface area contributed by atoms with Gasteiger partial charge in [-0.1, -0.05) is 51.9 Å². The van der Waals surface area contributed by atoms with Gasteiger partial charge in [0.05, 0.1) is 6.54 Å². The van der Waals surface area contributed by atoms with E-state index in [2.05, 4.69) is 6.92 Å². The third-order valence-electron chi connectivity index (χ3n) is 3.91. The summed E-state index contributed by atoms with van der Waals surface area (Å²) in [7, 11) is -0.294. The summed E-state index contributed by atoms with van der Waals surface area (Å²) < 4.78 is 28.3. The van der Waals surface area contributed by atoms with Gasteiger partial charge in [-0.2, -0.15) is 12.7 Å². The van der Waals surface area contributed by atoms with E-state index in [0.717, 1.165) is 13.0 Å². The van der Waals surface area contributed by atoms with Gasteiger partial charge in [0.25, 0.3) is 6.33 Å². The molecule has 0 spiro atoms. The second-order valence-corrected chi connectivity index (χ2v) is 8.15. The Morgan fingerprint density at radius 1 is 0.957 bits per heavy atom. The number of aromatic nitrogens is 2. The van der Waals surface area contributed by atoms with E-state index >= 15 is 0 Å². The first-order chi connectivity index (χ1) is 10.5. The minimum Gasteiger partial charge on any atom is -1.00 e. The molecule has 1 heterocycles. The van der Waals surface area contributed by atoms with Crippen LogP contribution in [0.4, 0.5) is 0 Å². The first-order valence-corrected chi connectivity index (χ1v) is 9.88. The van der Waals surface area contributed by atoms with Crippen molar-refractivity contribution >= 4 is 10.2 Å². The van der Waals surface area contributed by atoms with Gasteiger partial charge in [0.2, 0.25) is 0 Å². The largest absolute Gasteiger partial charge is 1.00 e. The van der Waals surface area contributed by atoms with Crippen molar-refractivity contribution in [2.24, 2.45) is 0 Å². The minimum atomic E-state index is -3.38. The average Bonchev–Trinajstić information content (AvgIpc) is 2.95. The van der Waals surface area contributed by atoms with E-state index in [1.54, 1.807) is 26.6 Å².